The van der Waals surface area contributed by atoms with E-state index >= 15 is 4.39 Å². The molecule has 0 spiro atoms. The Morgan fingerprint density at radius 1 is 0.975 bits per heavy atom. The van der Waals surface area contributed by atoms with Crippen LogP contribution < -0.4 is 14.9 Å². The maximum Gasteiger partial charge on any atom is 0.200 e. The third kappa shape index (κ3) is 5.44. The first-order valence-electron chi connectivity index (χ1n) is 12.5. The molecule has 40 heavy (non-hydrogen) atoms. The minimum atomic E-state index is -0.677. The Morgan fingerprint density at radius 3 is 2.45 bits per heavy atom. The molecule has 2 aromatic carbocycles. The van der Waals surface area contributed by atoms with Crippen molar-refractivity contribution in [1.29, 1.82) is 0 Å². The first kappa shape index (κ1) is 26.7. The van der Waals surface area contributed by atoms with Crippen LogP contribution in [0.1, 0.15) is 35.8 Å². The predicted octanol–water partition coefficient (Wildman–Crippen LogP) is 6.54. The second-order valence-corrected chi connectivity index (χ2v) is 9.48. The van der Waals surface area contributed by atoms with Gasteiger partial charge in [-0.2, -0.15) is 0 Å². The molecule has 3 heterocycles. The van der Waals surface area contributed by atoms with Crippen molar-refractivity contribution in [2.24, 2.45) is 0 Å². The number of ketones is 1. The van der Waals surface area contributed by atoms with Gasteiger partial charge in [-0.25, -0.2) is 13.8 Å². The standard InChI is InChI=1S/C31H25F2N3O4/c1-18(2)36-16-23(20-5-7-21(32)8-6-20)31(38)24(17-36)27(37)13-19-4-9-28(25(33)12-19)40-29-10-11-34-26-14-22(39-3)15-35-30(26)29/h4-12,14-18H,13H2,1-3H3. The van der Waals surface area contributed by atoms with E-state index in [0.29, 0.717) is 33.7 Å². The highest BCUT2D eigenvalue weighted by atomic mass is 19.1. The van der Waals surface area contributed by atoms with E-state index < -0.39 is 22.8 Å². The zero-order valence-corrected chi connectivity index (χ0v) is 22.0. The summed E-state index contributed by atoms with van der Waals surface area (Å²) in [5.41, 5.74) is 1.62. The summed E-state index contributed by atoms with van der Waals surface area (Å²) in [6.45, 7) is 3.83. The molecule has 3 aromatic heterocycles. The normalized spacial score (nSPS) is 11.2. The van der Waals surface area contributed by atoms with Gasteiger partial charge >= 0.3 is 0 Å². The molecule has 9 heteroatoms. The number of rotatable bonds is 8. The van der Waals surface area contributed by atoms with Gasteiger partial charge in [-0.15, -0.1) is 0 Å². The van der Waals surface area contributed by atoms with Crippen LogP contribution in [-0.2, 0) is 6.42 Å². The molecule has 0 fully saturated rings. The van der Waals surface area contributed by atoms with E-state index in [4.69, 9.17) is 9.47 Å². The first-order valence-corrected chi connectivity index (χ1v) is 12.5. The van der Waals surface area contributed by atoms with Crippen LogP contribution in [0.4, 0.5) is 8.78 Å². The molecule has 0 saturated carbocycles. The van der Waals surface area contributed by atoms with E-state index in [1.54, 1.807) is 29.0 Å². The third-order valence-electron chi connectivity index (χ3n) is 6.43. The molecule has 0 aliphatic rings. The van der Waals surface area contributed by atoms with Crippen molar-refractivity contribution < 1.29 is 23.0 Å². The van der Waals surface area contributed by atoms with Crippen molar-refractivity contribution >= 4 is 16.8 Å². The largest absolute Gasteiger partial charge is 0.495 e. The highest BCUT2D eigenvalue weighted by Crippen LogP contribution is 2.31. The van der Waals surface area contributed by atoms with Crippen molar-refractivity contribution in [2.75, 3.05) is 7.11 Å². The summed E-state index contributed by atoms with van der Waals surface area (Å²) in [6.07, 6.45) is 5.99. The maximum absolute atomic E-state index is 15.1. The van der Waals surface area contributed by atoms with E-state index in [9.17, 15) is 14.0 Å². The number of halogens is 2. The maximum atomic E-state index is 15.1. The predicted molar refractivity (Wildman–Crippen MR) is 147 cm³/mol. The topological polar surface area (TPSA) is 83.3 Å². The number of carbonyl (C=O) groups excluding carboxylic acids is 1. The fraction of sp³-hybridized carbons (Fsp3) is 0.161. The SMILES string of the molecule is COc1cnc2c(Oc3ccc(CC(=O)c4cn(C(C)C)cc(-c5ccc(F)cc5)c4=O)cc3F)ccnc2c1. The van der Waals surface area contributed by atoms with Gasteiger partial charge in [-0.1, -0.05) is 18.2 Å². The fourth-order valence-electron chi connectivity index (χ4n) is 4.25. The summed E-state index contributed by atoms with van der Waals surface area (Å²) >= 11 is 0. The average molecular weight is 542 g/mol. The van der Waals surface area contributed by atoms with Crippen LogP contribution in [0.3, 0.4) is 0 Å². The number of hydrogen-bond acceptors (Lipinski definition) is 6. The van der Waals surface area contributed by atoms with E-state index in [1.807, 2.05) is 13.8 Å². The van der Waals surface area contributed by atoms with Crippen LogP contribution >= 0.6 is 0 Å². The van der Waals surface area contributed by atoms with Crippen LogP contribution in [0.2, 0.25) is 0 Å². The minimum absolute atomic E-state index is 0.0268. The van der Waals surface area contributed by atoms with Crippen molar-refractivity contribution in [3.05, 3.63) is 112 Å². The summed E-state index contributed by atoms with van der Waals surface area (Å²) in [7, 11) is 1.52. The lowest BCUT2D eigenvalue weighted by atomic mass is 9.99. The molecule has 0 aliphatic carbocycles. The molecule has 0 radical (unpaired) electrons. The summed E-state index contributed by atoms with van der Waals surface area (Å²) in [5.74, 6) is -0.786. The molecule has 0 atom stereocenters. The smallest absolute Gasteiger partial charge is 0.200 e. The van der Waals surface area contributed by atoms with E-state index in [2.05, 4.69) is 9.97 Å². The third-order valence-corrected chi connectivity index (χ3v) is 6.43. The molecule has 0 bridgehead atoms. The van der Waals surface area contributed by atoms with Gasteiger partial charge in [0, 0.05) is 48.7 Å². The van der Waals surface area contributed by atoms with Crippen LogP contribution in [0, 0.1) is 11.6 Å². The number of pyridine rings is 3. The zero-order chi connectivity index (χ0) is 28.4. The molecule has 0 unspecified atom stereocenters. The number of carbonyl (C=O) groups is 1. The quantitative estimate of drug-likeness (QED) is 0.207. The summed E-state index contributed by atoms with van der Waals surface area (Å²) in [4.78, 5) is 35.1. The zero-order valence-electron chi connectivity index (χ0n) is 22.0. The summed E-state index contributed by atoms with van der Waals surface area (Å²) < 4.78 is 41.3. The second-order valence-electron chi connectivity index (χ2n) is 9.48. The number of aromatic nitrogens is 3. The van der Waals surface area contributed by atoms with Gasteiger partial charge in [0.25, 0.3) is 0 Å². The Balaban J connectivity index is 1.42. The van der Waals surface area contributed by atoms with Crippen LogP contribution in [0.25, 0.3) is 22.2 Å². The van der Waals surface area contributed by atoms with E-state index in [1.165, 1.54) is 62.1 Å². The lowest BCUT2D eigenvalue weighted by Gasteiger charge is -2.15. The summed E-state index contributed by atoms with van der Waals surface area (Å²) in [5, 5.41) is 0. The van der Waals surface area contributed by atoms with E-state index in [-0.39, 0.29) is 29.3 Å². The van der Waals surface area contributed by atoms with Crippen molar-refractivity contribution in [3.8, 4) is 28.4 Å². The Hall–Kier alpha value is -4.92. The Morgan fingerprint density at radius 2 is 1.75 bits per heavy atom. The highest BCUT2D eigenvalue weighted by Gasteiger charge is 2.19. The average Bonchev–Trinajstić information content (AvgIpc) is 2.94. The van der Waals surface area contributed by atoms with Gasteiger partial charge in [-0.05, 0) is 49.2 Å². The molecule has 5 aromatic rings. The van der Waals surface area contributed by atoms with Gasteiger partial charge in [0.1, 0.15) is 17.1 Å². The number of methoxy groups -OCH3 is 1. The Labute approximate surface area is 228 Å². The molecule has 0 aliphatic heterocycles. The lowest BCUT2D eigenvalue weighted by Crippen LogP contribution is -2.22. The molecule has 7 nitrogen and oxygen atoms in total. The minimum Gasteiger partial charge on any atom is -0.495 e. The molecule has 202 valence electrons. The second kappa shape index (κ2) is 11.1. The van der Waals surface area contributed by atoms with Gasteiger partial charge in [0.15, 0.2) is 28.5 Å². The Bertz CT molecular complexity index is 1780. The highest BCUT2D eigenvalue weighted by molar-refractivity contribution is 5.98. The molecular weight excluding hydrogens is 516 g/mol. The fourth-order valence-corrected chi connectivity index (χ4v) is 4.25. The van der Waals surface area contributed by atoms with Gasteiger partial charge in [0.2, 0.25) is 0 Å². The van der Waals surface area contributed by atoms with Gasteiger partial charge in [-0.3, -0.25) is 14.6 Å². The van der Waals surface area contributed by atoms with Crippen molar-refractivity contribution in [1.82, 2.24) is 14.5 Å². The number of fused-ring (bicyclic) bond motifs is 1. The molecule has 0 N–H and O–H groups in total. The number of ether oxygens (including phenoxy) is 2. The molecule has 5 rings (SSSR count). The molecule has 0 saturated heterocycles. The number of benzene rings is 2. The Kier molecular flexibility index (Phi) is 7.37. The van der Waals surface area contributed by atoms with Crippen molar-refractivity contribution in [3.63, 3.8) is 0 Å². The monoisotopic (exact) mass is 541 g/mol. The van der Waals surface area contributed by atoms with Crippen LogP contribution in [0.5, 0.6) is 17.2 Å². The van der Waals surface area contributed by atoms with E-state index in [0.717, 1.165) is 0 Å². The van der Waals surface area contributed by atoms with Gasteiger partial charge < -0.3 is 14.0 Å². The molecule has 0 amide bonds. The number of Topliss-reactive ketones (excluding diaryl/α,β-unsaturated/α-hetero) is 1. The number of nitrogens with zero attached hydrogens (tertiary/aromatic N) is 3. The van der Waals surface area contributed by atoms with Gasteiger partial charge in [0.05, 0.1) is 24.4 Å². The lowest BCUT2D eigenvalue weighted by molar-refractivity contribution is 0.0991. The van der Waals surface area contributed by atoms with Crippen LogP contribution in [0.15, 0.2) is 84.2 Å². The number of hydrogen-bond donors (Lipinski definition) is 0. The van der Waals surface area contributed by atoms with Crippen LogP contribution in [-0.4, -0.2) is 27.4 Å². The van der Waals surface area contributed by atoms with Crippen molar-refractivity contribution in [2.45, 2.75) is 26.3 Å². The first-order chi connectivity index (χ1) is 19.2. The summed E-state index contributed by atoms with van der Waals surface area (Å²) in [6, 6.07) is 12.9. The molecular formula is C31H25F2N3O4.